The van der Waals surface area contributed by atoms with Gasteiger partial charge in [-0.2, -0.15) is 0 Å². The second-order valence-corrected chi connectivity index (χ2v) is 13.0. The summed E-state index contributed by atoms with van der Waals surface area (Å²) in [5.41, 5.74) is 5.82. The van der Waals surface area contributed by atoms with E-state index in [2.05, 4.69) is 14.9 Å². The van der Waals surface area contributed by atoms with Gasteiger partial charge in [-0.25, -0.2) is 9.97 Å². The van der Waals surface area contributed by atoms with E-state index in [1.165, 1.54) is 22.7 Å². The van der Waals surface area contributed by atoms with Crippen LogP contribution in [-0.4, -0.2) is 80.4 Å². The van der Waals surface area contributed by atoms with Crippen LogP contribution in [0.5, 0.6) is 0 Å². The molecule has 1 fully saturated rings. The number of benzene rings is 1. The van der Waals surface area contributed by atoms with Crippen LogP contribution in [0.15, 0.2) is 53.6 Å². The summed E-state index contributed by atoms with van der Waals surface area (Å²) in [6.07, 6.45) is 7.41. The molecule has 0 saturated carbocycles. The zero-order valence-corrected chi connectivity index (χ0v) is 28.2. The SMILES string of the molecule is CC(=O)OCc1c(-c2cn(C)c(=O)c(Nc3ccc([C@@H]4C(=O)N(C)CCN4C)cc3)n2)ccnc1N1CCn2c(cc3c2CCCC3)C1=O. The Hall–Kier alpha value is -5.30. The lowest BCUT2D eigenvalue weighted by Crippen LogP contribution is -2.48. The molecule has 0 bridgehead atoms. The van der Waals surface area contributed by atoms with Gasteiger partial charge in [-0.15, -0.1) is 0 Å². The van der Waals surface area contributed by atoms with Gasteiger partial charge >= 0.3 is 5.97 Å². The third-order valence-electron chi connectivity index (χ3n) is 9.80. The smallest absolute Gasteiger partial charge is 0.302 e. The number of likely N-dealkylation sites (N-methyl/N-ethyl adjacent to an activating group) is 2. The fourth-order valence-electron chi connectivity index (χ4n) is 7.15. The highest BCUT2D eigenvalue weighted by Crippen LogP contribution is 2.34. The zero-order chi connectivity index (χ0) is 34.4. The second-order valence-electron chi connectivity index (χ2n) is 13.0. The minimum Gasteiger partial charge on any atom is -0.461 e. The molecule has 1 aromatic carbocycles. The first-order valence-electron chi connectivity index (χ1n) is 16.7. The Morgan fingerprint density at radius 1 is 0.980 bits per heavy atom. The van der Waals surface area contributed by atoms with Gasteiger partial charge in [0, 0.05) is 82.1 Å². The first-order valence-corrected chi connectivity index (χ1v) is 16.7. The minimum atomic E-state index is -0.473. The molecule has 2 amide bonds. The Morgan fingerprint density at radius 2 is 1.76 bits per heavy atom. The predicted molar refractivity (Wildman–Crippen MR) is 184 cm³/mol. The number of nitrogens with one attached hydrogen (secondary N) is 1. The number of esters is 1. The van der Waals surface area contributed by atoms with Crippen molar-refractivity contribution < 1.29 is 19.1 Å². The molecule has 1 saturated heterocycles. The molecule has 2 aliphatic heterocycles. The van der Waals surface area contributed by atoms with Crippen molar-refractivity contribution >= 4 is 35.1 Å². The van der Waals surface area contributed by atoms with Crippen LogP contribution in [0, 0.1) is 0 Å². The van der Waals surface area contributed by atoms with Crippen LogP contribution in [0.4, 0.5) is 17.3 Å². The van der Waals surface area contributed by atoms with Crippen molar-refractivity contribution in [2.75, 3.05) is 43.9 Å². The number of anilines is 3. The van der Waals surface area contributed by atoms with Gasteiger partial charge in [-0.05, 0) is 68.1 Å². The average Bonchev–Trinajstić information content (AvgIpc) is 3.48. The molecule has 3 aromatic heterocycles. The number of carbonyl (C=O) groups excluding carboxylic acids is 3. The number of aromatic nitrogens is 4. The molecule has 254 valence electrons. The van der Waals surface area contributed by atoms with Crippen LogP contribution >= 0.6 is 0 Å². The summed E-state index contributed by atoms with van der Waals surface area (Å²) < 4.78 is 9.07. The summed E-state index contributed by atoms with van der Waals surface area (Å²) in [7, 11) is 5.39. The van der Waals surface area contributed by atoms with E-state index < -0.39 is 5.97 Å². The van der Waals surface area contributed by atoms with Crippen LogP contribution in [-0.2, 0) is 47.4 Å². The lowest BCUT2D eigenvalue weighted by atomic mass is 9.98. The maximum atomic E-state index is 14.0. The molecule has 4 aromatic rings. The number of hydrogen-bond donors (Lipinski definition) is 1. The summed E-state index contributed by atoms with van der Waals surface area (Å²) in [5, 5.41) is 3.15. The Kier molecular flexibility index (Phi) is 8.53. The summed E-state index contributed by atoms with van der Waals surface area (Å²) in [6, 6.07) is 10.8. The number of piperazine rings is 1. The van der Waals surface area contributed by atoms with Crippen molar-refractivity contribution in [1.82, 2.24) is 28.9 Å². The largest absolute Gasteiger partial charge is 0.461 e. The number of amides is 2. The fourth-order valence-corrected chi connectivity index (χ4v) is 7.15. The minimum absolute atomic E-state index is 0.0401. The lowest BCUT2D eigenvalue weighted by molar-refractivity contribution is -0.142. The number of nitrogens with zero attached hydrogens (tertiary/aromatic N) is 7. The first kappa shape index (κ1) is 32.3. The summed E-state index contributed by atoms with van der Waals surface area (Å²) in [5.74, 6) is -0.102. The van der Waals surface area contributed by atoms with E-state index in [9.17, 15) is 19.2 Å². The first-order chi connectivity index (χ1) is 23.6. The number of pyridine rings is 1. The van der Waals surface area contributed by atoms with Gasteiger partial charge in [-0.1, -0.05) is 12.1 Å². The molecular weight excluding hydrogens is 624 g/mol. The van der Waals surface area contributed by atoms with E-state index in [4.69, 9.17) is 9.72 Å². The molecule has 3 aliphatic rings. The van der Waals surface area contributed by atoms with E-state index in [0.29, 0.717) is 53.7 Å². The van der Waals surface area contributed by atoms with E-state index in [1.807, 2.05) is 49.3 Å². The van der Waals surface area contributed by atoms with E-state index in [-0.39, 0.29) is 35.8 Å². The zero-order valence-electron chi connectivity index (χ0n) is 28.2. The molecule has 13 nitrogen and oxygen atoms in total. The van der Waals surface area contributed by atoms with E-state index in [1.54, 1.807) is 35.3 Å². The maximum Gasteiger partial charge on any atom is 0.302 e. The van der Waals surface area contributed by atoms with Crippen LogP contribution in [0.25, 0.3) is 11.3 Å². The molecule has 5 heterocycles. The number of aryl methyl sites for hydroxylation is 2. The topological polar surface area (TPSA) is 135 Å². The molecule has 1 aliphatic carbocycles. The van der Waals surface area contributed by atoms with Crippen LogP contribution in [0.1, 0.15) is 58.7 Å². The van der Waals surface area contributed by atoms with Crippen molar-refractivity contribution in [3.05, 3.63) is 87.2 Å². The summed E-state index contributed by atoms with van der Waals surface area (Å²) in [4.78, 5) is 66.9. The summed E-state index contributed by atoms with van der Waals surface area (Å²) >= 11 is 0. The molecule has 0 unspecified atom stereocenters. The molecule has 13 heteroatoms. The van der Waals surface area contributed by atoms with Gasteiger partial charge in [0.05, 0.1) is 5.69 Å². The van der Waals surface area contributed by atoms with Crippen molar-refractivity contribution in [2.24, 2.45) is 7.05 Å². The molecule has 49 heavy (non-hydrogen) atoms. The van der Waals surface area contributed by atoms with Gasteiger partial charge in [0.1, 0.15) is 24.2 Å². The highest BCUT2D eigenvalue weighted by atomic mass is 16.5. The number of fused-ring (bicyclic) bond motifs is 3. The van der Waals surface area contributed by atoms with E-state index >= 15 is 0 Å². The van der Waals surface area contributed by atoms with Gasteiger partial charge in [-0.3, -0.25) is 29.0 Å². The highest BCUT2D eigenvalue weighted by Gasteiger charge is 2.34. The Labute approximate surface area is 284 Å². The third kappa shape index (κ3) is 5.99. The highest BCUT2D eigenvalue weighted by molar-refractivity contribution is 6.06. The molecular formula is C36H40N8O5. The van der Waals surface area contributed by atoms with Gasteiger partial charge in [0.25, 0.3) is 11.5 Å². The Balaban J connectivity index is 1.22. The molecule has 0 radical (unpaired) electrons. The molecule has 7 rings (SSSR count). The van der Waals surface area contributed by atoms with Gasteiger partial charge in [0.15, 0.2) is 5.82 Å². The fraction of sp³-hybridized carbons (Fsp3) is 0.389. The maximum absolute atomic E-state index is 14.0. The number of hydrogen-bond acceptors (Lipinski definition) is 9. The van der Waals surface area contributed by atoms with Crippen LogP contribution < -0.4 is 15.8 Å². The number of rotatable bonds is 7. The lowest BCUT2D eigenvalue weighted by Gasteiger charge is -2.37. The van der Waals surface area contributed by atoms with Crippen molar-refractivity contribution in [1.29, 1.82) is 0 Å². The predicted octanol–water partition coefficient (Wildman–Crippen LogP) is 3.43. The van der Waals surface area contributed by atoms with Crippen molar-refractivity contribution in [3.63, 3.8) is 0 Å². The van der Waals surface area contributed by atoms with Crippen LogP contribution in [0.3, 0.4) is 0 Å². The Bertz CT molecular complexity index is 2020. The van der Waals surface area contributed by atoms with Gasteiger partial charge in [0.2, 0.25) is 5.91 Å². The normalized spacial score (nSPS) is 17.9. The van der Waals surface area contributed by atoms with E-state index in [0.717, 1.165) is 37.8 Å². The summed E-state index contributed by atoms with van der Waals surface area (Å²) in [6.45, 7) is 3.71. The van der Waals surface area contributed by atoms with Gasteiger partial charge < -0.3 is 24.1 Å². The number of carbonyl (C=O) groups is 3. The monoisotopic (exact) mass is 664 g/mol. The molecule has 1 N–H and O–H groups in total. The van der Waals surface area contributed by atoms with Crippen molar-refractivity contribution in [3.8, 4) is 11.3 Å². The average molecular weight is 665 g/mol. The Morgan fingerprint density at radius 3 is 2.53 bits per heavy atom. The third-order valence-corrected chi connectivity index (χ3v) is 9.80. The quantitative estimate of drug-likeness (QED) is 0.295. The molecule has 0 spiro atoms. The second kappa shape index (κ2) is 13.0. The standard InChI is InChI=1S/C36H40N8O5/c1-22(45)49-21-27-26(13-14-37-33(27)44-18-17-43-29-8-6-5-7-24(29)19-30(43)34(44)46)28-20-42(4)36(48)32(39-28)38-25-11-9-23(10-12-25)31-35(47)41(3)16-15-40(31)2/h9-14,19-20,31H,5-8,15-18,21H2,1-4H3,(H,38,39)/t31-/m1/s1. The van der Waals surface area contributed by atoms with Crippen molar-refractivity contribution in [2.45, 2.75) is 51.8 Å². The van der Waals surface area contributed by atoms with Crippen LogP contribution in [0.2, 0.25) is 0 Å². The number of ether oxygens (including phenoxy) is 1. The molecule has 1 atom stereocenters.